The van der Waals surface area contributed by atoms with Crippen LogP contribution in [0.1, 0.15) is 17.4 Å². The number of rotatable bonds is 6. The number of H-pyrrole nitrogens is 1. The summed E-state index contributed by atoms with van der Waals surface area (Å²) in [5.41, 5.74) is 3.42. The van der Waals surface area contributed by atoms with Crippen molar-refractivity contribution < 1.29 is 0 Å². The van der Waals surface area contributed by atoms with E-state index < -0.39 is 0 Å². The van der Waals surface area contributed by atoms with Crippen molar-refractivity contribution in [2.45, 2.75) is 19.8 Å². The van der Waals surface area contributed by atoms with Crippen LogP contribution in [0.5, 0.6) is 0 Å². The first-order chi connectivity index (χ1) is 14.3. The van der Waals surface area contributed by atoms with Crippen LogP contribution in [0.2, 0.25) is 0 Å². The summed E-state index contributed by atoms with van der Waals surface area (Å²) in [5.74, 6) is 1.61. The lowest BCUT2D eigenvalue weighted by atomic mass is 10.1. The van der Waals surface area contributed by atoms with E-state index in [0.717, 1.165) is 41.0 Å². The van der Waals surface area contributed by atoms with Gasteiger partial charge >= 0.3 is 0 Å². The Morgan fingerprint density at radius 3 is 2.86 bits per heavy atom. The van der Waals surface area contributed by atoms with E-state index >= 15 is 0 Å². The molecular formula is C23H21N5S. The lowest BCUT2D eigenvalue weighted by molar-refractivity contribution is 1.02. The largest absolute Gasteiger partial charge is 0.369 e. The van der Waals surface area contributed by atoms with Gasteiger partial charge in [0.25, 0.3) is 0 Å². The molecule has 5 aromatic rings. The van der Waals surface area contributed by atoms with Crippen LogP contribution in [-0.4, -0.2) is 26.5 Å². The van der Waals surface area contributed by atoms with Crippen LogP contribution in [0.4, 0.5) is 5.82 Å². The number of aryl methyl sites for hydroxylation is 1. The Kier molecular flexibility index (Phi) is 4.69. The smallest absolute Gasteiger partial charge is 0.164 e. The zero-order chi connectivity index (χ0) is 19.6. The molecule has 29 heavy (non-hydrogen) atoms. The molecule has 0 unspecified atom stereocenters. The van der Waals surface area contributed by atoms with Gasteiger partial charge in [0.15, 0.2) is 5.82 Å². The van der Waals surface area contributed by atoms with Gasteiger partial charge in [-0.05, 0) is 42.7 Å². The summed E-state index contributed by atoms with van der Waals surface area (Å²) in [6.45, 7) is 2.97. The maximum Gasteiger partial charge on any atom is 0.164 e. The Morgan fingerprint density at radius 2 is 2.00 bits per heavy atom. The molecule has 0 spiro atoms. The summed E-state index contributed by atoms with van der Waals surface area (Å²) < 4.78 is 0. The predicted octanol–water partition coefficient (Wildman–Crippen LogP) is 5.45. The van der Waals surface area contributed by atoms with Crippen LogP contribution in [-0.2, 0) is 12.8 Å². The quantitative estimate of drug-likeness (QED) is 0.398. The number of fused-ring (bicyclic) bond motifs is 2. The number of para-hydroxylation sites is 1. The SMILES string of the molecule is CCc1cc2c(NCCc3c[nH]c4ccccc34)nc(-c3cccnc3)nc2s1. The highest BCUT2D eigenvalue weighted by Gasteiger charge is 2.13. The molecule has 6 heteroatoms. The van der Waals surface area contributed by atoms with Crippen LogP contribution in [0, 0.1) is 0 Å². The molecule has 0 bridgehead atoms. The second-order valence-electron chi connectivity index (χ2n) is 6.96. The van der Waals surface area contributed by atoms with Gasteiger partial charge in [-0.15, -0.1) is 11.3 Å². The molecular weight excluding hydrogens is 378 g/mol. The second kappa shape index (κ2) is 7.64. The lowest BCUT2D eigenvalue weighted by Crippen LogP contribution is -2.07. The minimum atomic E-state index is 0.713. The molecule has 0 aliphatic carbocycles. The van der Waals surface area contributed by atoms with Gasteiger partial charge in [-0.25, -0.2) is 9.97 Å². The summed E-state index contributed by atoms with van der Waals surface area (Å²) in [6, 6.07) is 14.5. The van der Waals surface area contributed by atoms with Crippen molar-refractivity contribution in [3.8, 4) is 11.4 Å². The standard InChI is InChI=1S/C23H21N5S/c1-2-17-12-19-22(25-11-9-15-14-26-20-8-4-3-7-18(15)20)27-21(28-23(19)29-17)16-6-5-10-24-13-16/h3-8,10,12-14,26H,2,9,11H2,1H3,(H,25,27,28). The summed E-state index contributed by atoms with van der Waals surface area (Å²) in [6.07, 6.45) is 7.59. The highest BCUT2D eigenvalue weighted by Crippen LogP contribution is 2.31. The number of anilines is 1. The zero-order valence-corrected chi connectivity index (χ0v) is 17.0. The van der Waals surface area contributed by atoms with Gasteiger partial charge in [-0.1, -0.05) is 25.1 Å². The number of benzene rings is 1. The summed E-state index contributed by atoms with van der Waals surface area (Å²) in [7, 11) is 0. The topological polar surface area (TPSA) is 66.5 Å². The van der Waals surface area contributed by atoms with E-state index in [9.17, 15) is 0 Å². The third-order valence-corrected chi connectivity index (χ3v) is 6.25. The molecule has 0 saturated carbocycles. The van der Waals surface area contributed by atoms with Crippen molar-refractivity contribution >= 4 is 38.3 Å². The number of aromatic nitrogens is 4. The Morgan fingerprint density at radius 1 is 1.07 bits per heavy atom. The normalized spacial score (nSPS) is 11.3. The molecule has 4 aromatic heterocycles. The minimum Gasteiger partial charge on any atom is -0.369 e. The van der Waals surface area contributed by atoms with E-state index in [2.05, 4.69) is 58.7 Å². The van der Waals surface area contributed by atoms with E-state index in [1.54, 1.807) is 17.5 Å². The van der Waals surface area contributed by atoms with Crippen LogP contribution in [0.3, 0.4) is 0 Å². The fourth-order valence-corrected chi connectivity index (χ4v) is 4.53. The van der Waals surface area contributed by atoms with Gasteiger partial charge in [0.1, 0.15) is 10.6 Å². The molecule has 0 atom stereocenters. The van der Waals surface area contributed by atoms with Crippen molar-refractivity contribution in [2.24, 2.45) is 0 Å². The molecule has 0 fully saturated rings. The van der Waals surface area contributed by atoms with Gasteiger partial charge in [-0.2, -0.15) is 0 Å². The summed E-state index contributed by atoms with van der Waals surface area (Å²) in [5, 5.41) is 5.93. The first-order valence-electron chi connectivity index (χ1n) is 9.81. The number of thiophene rings is 1. The van der Waals surface area contributed by atoms with Crippen molar-refractivity contribution in [3.63, 3.8) is 0 Å². The molecule has 0 radical (unpaired) electrons. The molecule has 2 N–H and O–H groups in total. The van der Waals surface area contributed by atoms with Gasteiger partial charge in [-0.3, -0.25) is 4.98 Å². The average molecular weight is 400 g/mol. The molecule has 1 aromatic carbocycles. The third kappa shape index (κ3) is 3.47. The van der Waals surface area contributed by atoms with Crippen LogP contribution in [0.15, 0.2) is 61.1 Å². The molecule has 0 aliphatic heterocycles. The van der Waals surface area contributed by atoms with Crippen LogP contribution >= 0.6 is 11.3 Å². The third-order valence-electron chi connectivity index (χ3n) is 5.07. The average Bonchev–Trinajstić information content (AvgIpc) is 3.38. The Balaban J connectivity index is 1.45. The van der Waals surface area contributed by atoms with Crippen molar-refractivity contribution in [1.29, 1.82) is 0 Å². The van der Waals surface area contributed by atoms with E-state index in [1.807, 2.05) is 18.3 Å². The van der Waals surface area contributed by atoms with Crippen LogP contribution < -0.4 is 5.32 Å². The first kappa shape index (κ1) is 17.8. The predicted molar refractivity (Wildman–Crippen MR) is 121 cm³/mol. The van der Waals surface area contributed by atoms with Gasteiger partial charge in [0, 0.05) is 46.5 Å². The monoisotopic (exact) mass is 399 g/mol. The van der Waals surface area contributed by atoms with E-state index in [4.69, 9.17) is 9.97 Å². The highest BCUT2D eigenvalue weighted by atomic mass is 32.1. The fraction of sp³-hybridized carbons (Fsp3) is 0.174. The number of hydrogen-bond acceptors (Lipinski definition) is 5. The van der Waals surface area contributed by atoms with E-state index in [1.165, 1.54) is 21.3 Å². The maximum atomic E-state index is 4.84. The minimum absolute atomic E-state index is 0.713. The van der Waals surface area contributed by atoms with Crippen molar-refractivity contribution in [3.05, 3.63) is 71.5 Å². The first-order valence-corrected chi connectivity index (χ1v) is 10.6. The lowest BCUT2D eigenvalue weighted by Gasteiger charge is -2.09. The van der Waals surface area contributed by atoms with E-state index in [-0.39, 0.29) is 0 Å². The number of nitrogens with zero attached hydrogens (tertiary/aromatic N) is 3. The van der Waals surface area contributed by atoms with Gasteiger partial charge in [0.05, 0.1) is 5.39 Å². The second-order valence-corrected chi connectivity index (χ2v) is 8.07. The molecule has 144 valence electrons. The number of hydrogen-bond donors (Lipinski definition) is 2. The van der Waals surface area contributed by atoms with Crippen molar-refractivity contribution in [1.82, 2.24) is 19.9 Å². The number of nitrogens with one attached hydrogen (secondary N) is 2. The molecule has 5 rings (SSSR count). The molecule has 0 saturated heterocycles. The molecule has 5 nitrogen and oxygen atoms in total. The Labute approximate surface area is 172 Å². The van der Waals surface area contributed by atoms with Crippen molar-refractivity contribution in [2.75, 3.05) is 11.9 Å². The fourth-order valence-electron chi connectivity index (χ4n) is 3.56. The summed E-state index contributed by atoms with van der Waals surface area (Å²) >= 11 is 1.74. The molecule has 0 aliphatic rings. The highest BCUT2D eigenvalue weighted by molar-refractivity contribution is 7.18. The molecule has 0 amide bonds. The van der Waals surface area contributed by atoms with Gasteiger partial charge < -0.3 is 10.3 Å². The molecule has 4 heterocycles. The van der Waals surface area contributed by atoms with Gasteiger partial charge in [0.2, 0.25) is 0 Å². The Hall–Kier alpha value is -3.25. The van der Waals surface area contributed by atoms with Crippen LogP contribution in [0.25, 0.3) is 32.5 Å². The zero-order valence-electron chi connectivity index (χ0n) is 16.1. The number of aromatic amines is 1. The number of pyridine rings is 1. The van der Waals surface area contributed by atoms with E-state index in [0.29, 0.717) is 5.82 Å². The Bertz CT molecular complexity index is 1270. The maximum absolute atomic E-state index is 4.84. The summed E-state index contributed by atoms with van der Waals surface area (Å²) in [4.78, 5) is 19.5.